The number of para-hydroxylation sites is 1. The van der Waals surface area contributed by atoms with E-state index in [4.69, 9.17) is 0 Å². The molecule has 1 aliphatic heterocycles. The number of anilines is 1. The molecule has 1 heterocycles. The first-order valence-corrected chi connectivity index (χ1v) is 5.10. The van der Waals surface area contributed by atoms with Gasteiger partial charge in [0.2, 0.25) is 0 Å². The van der Waals surface area contributed by atoms with E-state index in [0.717, 1.165) is 17.0 Å². The van der Waals surface area contributed by atoms with Crippen molar-refractivity contribution >= 4 is 17.4 Å². The molecule has 0 bridgehead atoms. The van der Waals surface area contributed by atoms with Crippen molar-refractivity contribution in [2.24, 2.45) is 5.10 Å². The highest BCUT2D eigenvalue weighted by molar-refractivity contribution is 5.92. The van der Waals surface area contributed by atoms with Crippen molar-refractivity contribution in [2.75, 3.05) is 12.0 Å². The van der Waals surface area contributed by atoms with Gasteiger partial charge in [-0.1, -0.05) is 18.2 Å². The molecule has 84 valence electrons. The van der Waals surface area contributed by atoms with Crippen LogP contribution in [0.2, 0.25) is 0 Å². The number of urea groups is 1. The summed E-state index contributed by atoms with van der Waals surface area (Å²) in [5, 5.41) is 5.37. The number of carbonyl (C=O) groups excluding carboxylic acids is 1. The lowest BCUT2D eigenvalue weighted by molar-refractivity contribution is 0.211. The molecule has 1 aromatic rings. The van der Waals surface area contributed by atoms with Gasteiger partial charge in [-0.05, 0) is 25.5 Å². The Morgan fingerprint density at radius 3 is 2.88 bits per heavy atom. The van der Waals surface area contributed by atoms with Crippen LogP contribution in [0.15, 0.2) is 29.4 Å². The van der Waals surface area contributed by atoms with Gasteiger partial charge in [0.05, 0.1) is 17.9 Å². The molecule has 0 aromatic heterocycles. The third-order valence-corrected chi connectivity index (χ3v) is 2.37. The first-order valence-electron chi connectivity index (χ1n) is 5.10. The van der Waals surface area contributed by atoms with E-state index in [2.05, 4.69) is 16.0 Å². The lowest BCUT2D eigenvalue weighted by Gasteiger charge is -2.27. The molecule has 0 unspecified atom stereocenters. The number of hydrogen-bond acceptors (Lipinski definition) is 3. The zero-order chi connectivity index (χ0) is 11.5. The number of rotatable bonds is 2. The van der Waals surface area contributed by atoms with Gasteiger partial charge in [0, 0.05) is 0 Å². The Labute approximate surface area is 94.1 Å². The predicted octanol–water partition coefficient (Wildman–Crippen LogP) is 1.72. The van der Waals surface area contributed by atoms with Gasteiger partial charge in [-0.3, -0.25) is 5.43 Å². The van der Waals surface area contributed by atoms with Gasteiger partial charge in [-0.15, -0.1) is 0 Å². The second kappa shape index (κ2) is 4.22. The van der Waals surface area contributed by atoms with Crippen LogP contribution in [-0.2, 0) is 0 Å². The minimum absolute atomic E-state index is 0.242. The van der Waals surface area contributed by atoms with Crippen molar-refractivity contribution in [3.63, 3.8) is 0 Å². The predicted molar refractivity (Wildman–Crippen MR) is 63.1 cm³/mol. The second-order valence-electron chi connectivity index (χ2n) is 3.78. The first kappa shape index (κ1) is 10.5. The molecule has 16 heavy (non-hydrogen) atoms. The number of hydrazine groups is 1. The Bertz CT molecular complexity index is 441. The van der Waals surface area contributed by atoms with E-state index in [1.54, 1.807) is 0 Å². The van der Waals surface area contributed by atoms with Crippen LogP contribution in [-0.4, -0.2) is 23.3 Å². The molecular weight excluding hydrogens is 204 g/mol. The van der Waals surface area contributed by atoms with Gasteiger partial charge < -0.3 is 0 Å². The Morgan fingerprint density at radius 2 is 2.12 bits per heavy atom. The topological polar surface area (TPSA) is 56.7 Å². The monoisotopic (exact) mass is 218 g/mol. The third kappa shape index (κ3) is 2.13. The molecule has 1 aromatic carbocycles. The maximum absolute atomic E-state index is 11.5. The smallest absolute Gasteiger partial charge is 0.294 e. The third-order valence-electron chi connectivity index (χ3n) is 2.37. The zero-order valence-electron chi connectivity index (χ0n) is 9.32. The van der Waals surface area contributed by atoms with Gasteiger partial charge in [0.1, 0.15) is 0 Å². The molecule has 2 N–H and O–H groups in total. The summed E-state index contributed by atoms with van der Waals surface area (Å²) in [6.07, 6.45) is 0. The molecule has 1 aliphatic rings. The summed E-state index contributed by atoms with van der Waals surface area (Å²) in [6.45, 7) is 4.34. The van der Waals surface area contributed by atoms with E-state index >= 15 is 0 Å². The van der Waals surface area contributed by atoms with Gasteiger partial charge in [-0.2, -0.15) is 5.10 Å². The maximum atomic E-state index is 11.5. The second-order valence-corrected chi connectivity index (χ2v) is 3.78. The fourth-order valence-electron chi connectivity index (χ4n) is 1.47. The standard InChI is InChI=1S/C11H14N4O/c1-8-5-3-4-6-10(8)14-15-7-9(2)12-13-11(15)16/h3-6,14H,7H2,1-2H3,(H,13,16). The highest BCUT2D eigenvalue weighted by Crippen LogP contribution is 2.14. The van der Waals surface area contributed by atoms with E-state index < -0.39 is 0 Å². The molecule has 2 rings (SSSR count). The average molecular weight is 218 g/mol. The molecule has 0 atom stereocenters. The van der Waals surface area contributed by atoms with Crippen molar-refractivity contribution in [3.8, 4) is 0 Å². The first-order chi connectivity index (χ1) is 7.66. The molecule has 0 spiro atoms. The van der Waals surface area contributed by atoms with Crippen LogP contribution in [0, 0.1) is 6.92 Å². The SMILES string of the molecule is CC1=NNC(=O)N(Nc2ccccc2C)C1. The zero-order valence-corrected chi connectivity index (χ0v) is 9.32. The Morgan fingerprint density at radius 1 is 1.38 bits per heavy atom. The Kier molecular flexibility index (Phi) is 2.76. The molecule has 0 fully saturated rings. The summed E-state index contributed by atoms with van der Waals surface area (Å²) in [7, 11) is 0. The molecular formula is C11H14N4O. The summed E-state index contributed by atoms with van der Waals surface area (Å²) in [6, 6.07) is 7.57. The largest absolute Gasteiger partial charge is 0.356 e. The molecule has 0 saturated heterocycles. The Hall–Kier alpha value is -2.04. The fourth-order valence-corrected chi connectivity index (χ4v) is 1.47. The van der Waals surface area contributed by atoms with Crippen molar-refractivity contribution in [3.05, 3.63) is 29.8 Å². The molecule has 0 radical (unpaired) electrons. The molecule has 2 amide bonds. The maximum Gasteiger partial charge on any atom is 0.356 e. The summed E-state index contributed by atoms with van der Waals surface area (Å²) in [4.78, 5) is 11.5. The molecule has 5 heteroatoms. The summed E-state index contributed by atoms with van der Waals surface area (Å²) >= 11 is 0. The molecule has 5 nitrogen and oxygen atoms in total. The van der Waals surface area contributed by atoms with E-state index in [9.17, 15) is 4.79 Å². The number of nitrogens with zero attached hydrogens (tertiary/aromatic N) is 2. The quantitative estimate of drug-likeness (QED) is 0.794. The van der Waals surface area contributed by atoms with Crippen molar-refractivity contribution in [1.29, 1.82) is 0 Å². The Balaban J connectivity index is 2.13. The van der Waals surface area contributed by atoms with Crippen molar-refractivity contribution in [1.82, 2.24) is 10.4 Å². The van der Waals surface area contributed by atoms with Crippen LogP contribution in [0.3, 0.4) is 0 Å². The number of amides is 2. The number of aryl methyl sites for hydroxylation is 1. The van der Waals surface area contributed by atoms with E-state index in [0.29, 0.717) is 6.54 Å². The number of carbonyl (C=O) groups is 1. The van der Waals surface area contributed by atoms with Gasteiger partial charge in [0.15, 0.2) is 0 Å². The highest BCUT2D eigenvalue weighted by Gasteiger charge is 2.18. The normalized spacial score (nSPS) is 15.5. The van der Waals surface area contributed by atoms with Crippen LogP contribution < -0.4 is 10.9 Å². The fraction of sp³-hybridized carbons (Fsp3) is 0.273. The summed E-state index contributed by atoms with van der Waals surface area (Å²) < 4.78 is 0. The highest BCUT2D eigenvalue weighted by atomic mass is 16.2. The lowest BCUT2D eigenvalue weighted by atomic mass is 10.2. The van der Waals surface area contributed by atoms with Crippen molar-refractivity contribution < 1.29 is 4.79 Å². The molecule has 0 saturated carbocycles. The summed E-state index contributed by atoms with van der Waals surface area (Å²) in [5.74, 6) is 0. The van der Waals surface area contributed by atoms with E-state index in [1.807, 2.05) is 38.1 Å². The van der Waals surface area contributed by atoms with Gasteiger partial charge in [0.25, 0.3) is 0 Å². The average Bonchev–Trinajstić information content (AvgIpc) is 2.27. The van der Waals surface area contributed by atoms with Crippen LogP contribution in [0.25, 0.3) is 0 Å². The van der Waals surface area contributed by atoms with Crippen LogP contribution in [0.5, 0.6) is 0 Å². The van der Waals surface area contributed by atoms with Crippen LogP contribution in [0.1, 0.15) is 12.5 Å². The number of hydrazone groups is 1. The molecule has 0 aliphatic carbocycles. The minimum atomic E-state index is -0.242. The number of hydrogen-bond donors (Lipinski definition) is 2. The van der Waals surface area contributed by atoms with E-state index in [-0.39, 0.29) is 6.03 Å². The van der Waals surface area contributed by atoms with Crippen molar-refractivity contribution in [2.45, 2.75) is 13.8 Å². The number of benzene rings is 1. The van der Waals surface area contributed by atoms with Crippen LogP contribution in [0.4, 0.5) is 10.5 Å². The van der Waals surface area contributed by atoms with E-state index in [1.165, 1.54) is 5.01 Å². The summed E-state index contributed by atoms with van der Waals surface area (Å²) in [5.41, 5.74) is 8.38. The van der Waals surface area contributed by atoms with Gasteiger partial charge in [-0.25, -0.2) is 15.2 Å². The lowest BCUT2D eigenvalue weighted by Crippen LogP contribution is -2.48. The van der Waals surface area contributed by atoms with Crippen LogP contribution >= 0.6 is 0 Å². The number of nitrogens with one attached hydrogen (secondary N) is 2. The van der Waals surface area contributed by atoms with Gasteiger partial charge >= 0.3 is 6.03 Å². The minimum Gasteiger partial charge on any atom is -0.294 e.